The molecule has 0 aliphatic rings. The maximum Gasteiger partial charge on any atom is 0.188 e. The second kappa shape index (κ2) is 6.63. The Labute approximate surface area is 135 Å². The lowest BCUT2D eigenvalue weighted by molar-refractivity contribution is 0.0502. The van der Waals surface area contributed by atoms with Crippen molar-refractivity contribution in [3.63, 3.8) is 0 Å². The molecule has 118 valence electrons. The first kappa shape index (κ1) is 16.7. The molecule has 1 aromatic heterocycles. The normalized spacial score (nSPS) is 11.5. The Morgan fingerprint density at radius 3 is 2.50 bits per heavy atom. The molecule has 3 nitrogen and oxygen atoms in total. The second-order valence-electron chi connectivity index (χ2n) is 6.30. The van der Waals surface area contributed by atoms with E-state index in [1.165, 1.54) is 5.56 Å². The third-order valence-electron chi connectivity index (χ3n) is 3.48. The molecule has 0 saturated heterocycles. The van der Waals surface area contributed by atoms with Crippen LogP contribution < -0.4 is 4.74 Å². The molecule has 0 amide bonds. The summed E-state index contributed by atoms with van der Waals surface area (Å²) in [4.78, 5) is 12.5. The van der Waals surface area contributed by atoms with Crippen LogP contribution in [0.1, 0.15) is 42.3 Å². The van der Waals surface area contributed by atoms with Gasteiger partial charge in [-0.3, -0.25) is 4.79 Å². The summed E-state index contributed by atoms with van der Waals surface area (Å²) in [5, 5.41) is 2.05. The van der Waals surface area contributed by atoms with Gasteiger partial charge in [-0.05, 0) is 41.5 Å². The van der Waals surface area contributed by atoms with Gasteiger partial charge in [-0.15, -0.1) is 11.3 Å². The number of carbonyl (C=O) groups is 1. The van der Waals surface area contributed by atoms with Crippen LogP contribution in [0.4, 0.5) is 0 Å². The molecule has 1 aromatic carbocycles. The number of aryl methyl sites for hydroxylation is 1. The monoisotopic (exact) mass is 318 g/mol. The molecule has 0 fully saturated rings. The van der Waals surface area contributed by atoms with Crippen molar-refractivity contribution >= 4 is 17.6 Å². The first-order chi connectivity index (χ1) is 10.4. The van der Waals surface area contributed by atoms with Crippen molar-refractivity contribution in [3.8, 4) is 16.2 Å². The third kappa shape index (κ3) is 3.39. The van der Waals surface area contributed by atoms with Crippen molar-refractivity contribution in [2.45, 2.75) is 33.1 Å². The molecule has 0 spiro atoms. The number of ether oxygens (including phenoxy) is 2. The molecule has 0 aliphatic heterocycles. The average Bonchev–Trinajstić information content (AvgIpc) is 2.89. The molecule has 0 radical (unpaired) electrons. The van der Waals surface area contributed by atoms with Gasteiger partial charge in [-0.1, -0.05) is 20.8 Å². The zero-order chi connectivity index (χ0) is 16.3. The molecular formula is C18H22O3S. The Morgan fingerprint density at radius 1 is 1.27 bits per heavy atom. The number of benzene rings is 1. The van der Waals surface area contributed by atoms with Crippen molar-refractivity contribution in [1.29, 1.82) is 0 Å². The highest BCUT2D eigenvalue weighted by molar-refractivity contribution is 7.13. The lowest BCUT2D eigenvalue weighted by Crippen LogP contribution is -2.15. The fraction of sp³-hybridized carbons (Fsp3) is 0.389. The van der Waals surface area contributed by atoms with Crippen LogP contribution in [0.25, 0.3) is 10.4 Å². The van der Waals surface area contributed by atoms with Gasteiger partial charge in [0.1, 0.15) is 12.0 Å². The number of carbonyl (C=O) groups excluding carboxylic acids is 1. The van der Waals surface area contributed by atoms with Gasteiger partial charge in [0.15, 0.2) is 6.79 Å². The molecule has 0 unspecified atom stereocenters. The molecule has 2 rings (SSSR count). The highest BCUT2D eigenvalue weighted by atomic mass is 32.1. The molecule has 4 heteroatoms. The first-order valence-electron chi connectivity index (χ1n) is 7.18. The van der Waals surface area contributed by atoms with Crippen molar-refractivity contribution in [2.24, 2.45) is 0 Å². The summed E-state index contributed by atoms with van der Waals surface area (Å²) in [6.45, 7) is 8.59. The summed E-state index contributed by atoms with van der Waals surface area (Å²) in [7, 11) is 1.60. The molecule has 2 aromatic rings. The van der Waals surface area contributed by atoms with Gasteiger partial charge in [0, 0.05) is 28.7 Å². The number of hydrogen-bond acceptors (Lipinski definition) is 4. The van der Waals surface area contributed by atoms with Gasteiger partial charge in [0.25, 0.3) is 0 Å². The van der Waals surface area contributed by atoms with Crippen molar-refractivity contribution in [2.75, 3.05) is 13.9 Å². The summed E-state index contributed by atoms with van der Waals surface area (Å²) < 4.78 is 11.0. The highest BCUT2D eigenvalue weighted by Crippen LogP contribution is 2.43. The number of methoxy groups -OCH3 is 1. The van der Waals surface area contributed by atoms with Gasteiger partial charge < -0.3 is 9.47 Å². The molecule has 0 N–H and O–H groups in total. The van der Waals surface area contributed by atoms with E-state index in [0.717, 1.165) is 28.0 Å². The largest absolute Gasteiger partial charge is 0.467 e. The predicted octanol–water partition coefficient (Wildman–Crippen LogP) is 4.82. The highest BCUT2D eigenvalue weighted by Gasteiger charge is 2.24. The minimum atomic E-state index is -0.137. The van der Waals surface area contributed by atoms with Crippen LogP contribution in [0.2, 0.25) is 0 Å². The van der Waals surface area contributed by atoms with E-state index in [2.05, 4.69) is 39.1 Å². The minimum absolute atomic E-state index is 0.137. The zero-order valence-corrected chi connectivity index (χ0v) is 14.5. The Balaban J connectivity index is 2.73. The number of thiophene rings is 1. The fourth-order valence-electron chi connectivity index (χ4n) is 2.37. The summed E-state index contributed by atoms with van der Waals surface area (Å²) in [5.74, 6) is 0.797. The molecule has 0 atom stereocenters. The van der Waals surface area contributed by atoms with Crippen molar-refractivity contribution < 1.29 is 14.3 Å². The van der Waals surface area contributed by atoms with Crippen LogP contribution >= 0.6 is 11.3 Å². The molecule has 0 aliphatic carbocycles. The van der Waals surface area contributed by atoms with Crippen LogP contribution in [0.15, 0.2) is 23.6 Å². The Hall–Kier alpha value is -1.65. The molecule has 0 saturated carbocycles. The molecule has 1 heterocycles. The lowest BCUT2D eigenvalue weighted by Gasteiger charge is -2.25. The van der Waals surface area contributed by atoms with Crippen molar-refractivity contribution in [3.05, 3.63) is 40.3 Å². The van der Waals surface area contributed by atoms with E-state index in [9.17, 15) is 4.79 Å². The van der Waals surface area contributed by atoms with E-state index < -0.39 is 0 Å². The van der Waals surface area contributed by atoms with Gasteiger partial charge in [0.2, 0.25) is 0 Å². The number of rotatable bonds is 5. The zero-order valence-electron chi connectivity index (χ0n) is 13.7. The van der Waals surface area contributed by atoms with Crippen LogP contribution in [-0.4, -0.2) is 20.2 Å². The first-order valence-corrected chi connectivity index (χ1v) is 8.06. The van der Waals surface area contributed by atoms with Crippen LogP contribution in [0.5, 0.6) is 5.75 Å². The van der Waals surface area contributed by atoms with Crippen molar-refractivity contribution in [1.82, 2.24) is 0 Å². The van der Waals surface area contributed by atoms with E-state index in [4.69, 9.17) is 9.47 Å². The van der Waals surface area contributed by atoms with E-state index in [-0.39, 0.29) is 12.2 Å². The van der Waals surface area contributed by atoms with E-state index in [0.29, 0.717) is 5.56 Å². The second-order valence-corrected chi connectivity index (χ2v) is 7.21. The summed E-state index contributed by atoms with van der Waals surface area (Å²) >= 11 is 1.65. The van der Waals surface area contributed by atoms with E-state index >= 15 is 0 Å². The van der Waals surface area contributed by atoms with Crippen LogP contribution in [-0.2, 0) is 10.2 Å². The number of hydrogen-bond donors (Lipinski definition) is 0. The summed E-state index contributed by atoms with van der Waals surface area (Å²) in [5.41, 5.74) is 3.67. The van der Waals surface area contributed by atoms with Gasteiger partial charge in [0.05, 0.1) is 0 Å². The minimum Gasteiger partial charge on any atom is -0.467 e. The molecule has 0 bridgehead atoms. The smallest absolute Gasteiger partial charge is 0.188 e. The number of aldehydes is 1. The summed E-state index contributed by atoms with van der Waals surface area (Å²) in [6, 6.07) is 5.88. The van der Waals surface area contributed by atoms with Gasteiger partial charge in [-0.2, -0.15) is 0 Å². The van der Waals surface area contributed by atoms with E-state index in [1.807, 2.05) is 12.1 Å². The maximum atomic E-state index is 11.4. The molecular weight excluding hydrogens is 296 g/mol. The van der Waals surface area contributed by atoms with Gasteiger partial charge >= 0.3 is 0 Å². The van der Waals surface area contributed by atoms with E-state index in [1.54, 1.807) is 18.4 Å². The average molecular weight is 318 g/mol. The fourth-order valence-corrected chi connectivity index (χ4v) is 3.31. The quantitative estimate of drug-likeness (QED) is 0.586. The predicted molar refractivity (Wildman–Crippen MR) is 91.1 cm³/mol. The van der Waals surface area contributed by atoms with Gasteiger partial charge in [-0.25, -0.2) is 0 Å². The Morgan fingerprint density at radius 2 is 2.00 bits per heavy atom. The Kier molecular flexibility index (Phi) is 5.04. The molecule has 22 heavy (non-hydrogen) atoms. The SMILES string of the molecule is COCOc1c(-c2sccc2C)cc(C=O)cc1C(C)(C)C. The third-order valence-corrected chi connectivity index (χ3v) is 4.53. The van der Waals surface area contributed by atoms with Crippen LogP contribution in [0, 0.1) is 6.92 Å². The maximum absolute atomic E-state index is 11.4. The topological polar surface area (TPSA) is 35.5 Å². The Bertz CT molecular complexity index is 665. The summed E-state index contributed by atoms with van der Waals surface area (Å²) in [6.07, 6.45) is 0.891. The van der Waals surface area contributed by atoms with Crippen LogP contribution in [0.3, 0.4) is 0 Å². The lowest BCUT2D eigenvalue weighted by atomic mass is 9.83. The standard InChI is InChI=1S/C18H22O3S/c1-12-6-7-22-17(12)14-8-13(10-19)9-15(18(2,3)4)16(14)21-11-20-5/h6-10H,11H2,1-5H3.